The Hall–Kier alpha value is -4.57. The van der Waals surface area contributed by atoms with E-state index in [1.54, 1.807) is 30.3 Å². The molecule has 4 aromatic rings. The molecule has 186 valence electrons. The summed E-state index contributed by atoms with van der Waals surface area (Å²) in [5.74, 6) is 0.428. The van der Waals surface area contributed by atoms with Crippen LogP contribution in [0.25, 0.3) is 17.4 Å². The van der Waals surface area contributed by atoms with E-state index < -0.39 is 16.9 Å². The fraction of sp³-hybridized carbons (Fsp3) is 0.148. The molecule has 0 saturated heterocycles. The lowest BCUT2D eigenvalue weighted by Gasteiger charge is -2.25. The van der Waals surface area contributed by atoms with Gasteiger partial charge in [-0.25, -0.2) is 9.79 Å². The summed E-state index contributed by atoms with van der Waals surface area (Å²) in [6.45, 7) is 1.90. The largest absolute Gasteiger partial charge is 0.466 e. The van der Waals surface area contributed by atoms with Crippen molar-refractivity contribution in [3.63, 3.8) is 0 Å². The smallest absolute Gasteiger partial charge is 0.338 e. The monoisotopic (exact) mass is 515 g/mol. The predicted octanol–water partition coefficient (Wildman–Crippen LogP) is 3.97. The highest BCUT2D eigenvalue weighted by Crippen LogP contribution is 2.31. The van der Waals surface area contributed by atoms with Gasteiger partial charge in [0.15, 0.2) is 4.80 Å². The van der Waals surface area contributed by atoms with Gasteiger partial charge in [-0.2, -0.15) is 0 Å². The number of hydrogen-bond donors (Lipinski definition) is 0. The Morgan fingerprint density at radius 1 is 1.16 bits per heavy atom. The first-order chi connectivity index (χ1) is 17.9. The van der Waals surface area contributed by atoms with Crippen molar-refractivity contribution < 1.29 is 18.9 Å². The summed E-state index contributed by atoms with van der Waals surface area (Å²) in [7, 11) is 1.31. The average molecular weight is 516 g/mol. The first-order valence-electron chi connectivity index (χ1n) is 11.4. The Kier molecular flexibility index (Phi) is 6.41. The molecule has 2 aromatic heterocycles. The fourth-order valence-corrected chi connectivity index (χ4v) is 5.28. The standard InChI is InChI=1S/C27H21N3O6S/c1-3-20-23(26(32)35-2)24(17-7-5-4-6-8-17)29-25(31)22(37-27(29)28-20)15-19-13-14-21(36-19)16-9-11-18(12-10-16)30(33)34/h4-15,24H,3H2,1-2H3/b22-15+/t24-/m0/s1. The van der Waals surface area contributed by atoms with Crippen molar-refractivity contribution in [1.82, 2.24) is 4.57 Å². The number of allylic oxidation sites excluding steroid dienone is 1. The third-order valence-corrected chi connectivity index (χ3v) is 7.01. The minimum atomic E-state index is -0.672. The number of hydrogen-bond acceptors (Lipinski definition) is 8. The summed E-state index contributed by atoms with van der Waals surface area (Å²) in [5.41, 5.74) is 2.05. The number of rotatable bonds is 6. The fourth-order valence-electron chi connectivity index (χ4n) is 4.28. The predicted molar refractivity (Wildman–Crippen MR) is 138 cm³/mol. The second-order valence-corrected chi connectivity index (χ2v) is 9.21. The first kappa shape index (κ1) is 24.1. The first-order valence-corrected chi connectivity index (χ1v) is 12.3. The zero-order valence-electron chi connectivity index (χ0n) is 19.9. The quantitative estimate of drug-likeness (QED) is 0.218. The van der Waals surface area contributed by atoms with E-state index in [0.29, 0.717) is 44.1 Å². The van der Waals surface area contributed by atoms with Crippen LogP contribution in [-0.2, 0) is 9.53 Å². The second kappa shape index (κ2) is 9.82. The Morgan fingerprint density at radius 3 is 2.54 bits per heavy atom. The van der Waals surface area contributed by atoms with Crippen LogP contribution in [0.4, 0.5) is 5.69 Å². The number of furan rings is 1. The van der Waals surface area contributed by atoms with E-state index >= 15 is 0 Å². The van der Waals surface area contributed by atoms with Crippen LogP contribution >= 0.6 is 11.3 Å². The van der Waals surface area contributed by atoms with Gasteiger partial charge in [0.25, 0.3) is 11.2 Å². The molecule has 0 aliphatic carbocycles. The number of non-ortho nitro benzene ring substituents is 1. The Balaban J connectivity index is 1.61. The lowest BCUT2D eigenvalue weighted by atomic mass is 9.95. The molecular formula is C27H21N3O6S. The number of fused-ring (bicyclic) bond motifs is 1. The number of esters is 1. The van der Waals surface area contributed by atoms with Gasteiger partial charge >= 0.3 is 5.97 Å². The summed E-state index contributed by atoms with van der Waals surface area (Å²) in [6.07, 6.45) is 2.13. The molecule has 0 fully saturated rings. The molecule has 1 aliphatic heterocycles. The van der Waals surface area contributed by atoms with Crippen molar-refractivity contribution in [3.8, 4) is 11.3 Å². The highest BCUT2D eigenvalue weighted by atomic mass is 32.1. The molecule has 0 saturated carbocycles. The van der Waals surface area contributed by atoms with Crippen LogP contribution in [0, 0.1) is 10.1 Å². The lowest BCUT2D eigenvalue weighted by Crippen LogP contribution is -2.40. The van der Waals surface area contributed by atoms with Gasteiger partial charge in [-0.15, -0.1) is 0 Å². The Bertz CT molecular complexity index is 1710. The summed E-state index contributed by atoms with van der Waals surface area (Å²) in [6, 6.07) is 18.1. The number of nitro benzene ring substituents is 1. The Labute approximate surface area is 214 Å². The van der Waals surface area contributed by atoms with E-state index in [0.717, 1.165) is 5.56 Å². The zero-order chi connectivity index (χ0) is 26.1. The van der Waals surface area contributed by atoms with Crippen LogP contribution in [0.3, 0.4) is 0 Å². The van der Waals surface area contributed by atoms with Gasteiger partial charge in [-0.05, 0) is 36.2 Å². The minimum absolute atomic E-state index is 0.0117. The topological polar surface area (TPSA) is 117 Å². The number of aromatic nitrogens is 1. The molecular weight excluding hydrogens is 494 g/mol. The molecule has 0 spiro atoms. The average Bonchev–Trinajstić information content (AvgIpc) is 3.52. The zero-order valence-corrected chi connectivity index (χ0v) is 20.7. The number of nitrogens with zero attached hydrogens (tertiary/aromatic N) is 3. The highest BCUT2D eigenvalue weighted by molar-refractivity contribution is 7.07. The van der Waals surface area contributed by atoms with Crippen molar-refractivity contribution in [3.05, 3.63) is 119 Å². The van der Waals surface area contributed by atoms with E-state index in [9.17, 15) is 19.7 Å². The van der Waals surface area contributed by atoms with Crippen molar-refractivity contribution in [2.75, 3.05) is 7.11 Å². The molecule has 10 heteroatoms. The van der Waals surface area contributed by atoms with Crippen LogP contribution in [-0.4, -0.2) is 22.6 Å². The summed E-state index contributed by atoms with van der Waals surface area (Å²) < 4.78 is 12.9. The molecule has 0 bridgehead atoms. The molecule has 9 nitrogen and oxygen atoms in total. The van der Waals surface area contributed by atoms with Gasteiger partial charge < -0.3 is 9.15 Å². The lowest BCUT2D eigenvalue weighted by molar-refractivity contribution is -0.384. The molecule has 1 atom stereocenters. The summed E-state index contributed by atoms with van der Waals surface area (Å²) in [4.78, 5) is 42.0. The maximum absolute atomic E-state index is 13.6. The molecule has 2 aromatic carbocycles. The second-order valence-electron chi connectivity index (χ2n) is 8.20. The van der Waals surface area contributed by atoms with Gasteiger partial charge in [0, 0.05) is 23.8 Å². The van der Waals surface area contributed by atoms with Crippen LogP contribution < -0.4 is 14.9 Å². The number of methoxy groups -OCH3 is 1. The molecule has 3 heterocycles. The third-order valence-electron chi connectivity index (χ3n) is 6.03. The SMILES string of the molecule is CCC1=C(C(=O)OC)[C@H](c2ccccc2)n2c(s/c(=C/c3ccc(-c4ccc([N+](=O)[O-])cc4)o3)c2=O)=N1. The van der Waals surface area contributed by atoms with Gasteiger partial charge in [0.1, 0.15) is 11.5 Å². The number of carbonyl (C=O) groups excluding carboxylic acids is 1. The summed E-state index contributed by atoms with van der Waals surface area (Å²) >= 11 is 1.21. The number of nitro groups is 1. The van der Waals surface area contributed by atoms with Crippen molar-refractivity contribution in [2.45, 2.75) is 19.4 Å². The molecule has 0 N–H and O–H groups in total. The highest BCUT2D eigenvalue weighted by Gasteiger charge is 2.33. The molecule has 0 radical (unpaired) electrons. The van der Waals surface area contributed by atoms with Gasteiger partial charge in [0.2, 0.25) is 0 Å². The van der Waals surface area contributed by atoms with Crippen LogP contribution in [0.15, 0.2) is 92.2 Å². The van der Waals surface area contributed by atoms with E-state index in [4.69, 9.17) is 9.15 Å². The van der Waals surface area contributed by atoms with Crippen LogP contribution in [0.1, 0.15) is 30.7 Å². The van der Waals surface area contributed by atoms with E-state index in [-0.39, 0.29) is 11.2 Å². The maximum Gasteiger partial charge on any atom is 0.338 e. The van der Waals surface area contributed by atoms with Gasteiger partial charge in [-0.3, -0.25) is 19.5 Å². The Morgan fingerprint density at radius 2 is 1.89 bits per heavy atom. The number of ether oxygens (including phenoxy) is 1. The van der Waals surface area contributed by atoms with Gasteiger partial charge in [0.05, 0.1) is 33.9 Å². The maximum atomic E-state index is 13.6. The van der Waals surface area contributed by atoms with Crippen LogP contribution in [0.2, 0.25) is 0 Å². The minimum Gasteiger partial charge on any atom is -0.466 e. The molecule has 0 amide bonds. The van der Waals surface area contributed by atoms with Gasteiger partial charge in [-0.1, -0.05) is 48.6 Å². The summed E-state index contributed by atoms with van der Waals surface area (Å²) in [5, 5.41) is 10.9. The van der Waals surface area contributed by atoms with E-state index in [1.807, 2.05) is 37.3 Å². The number of benzene rings is 2. The van der Waals surface area contributed by atoms with Crippen LogP contribution in [0.5, 0.6) is 0 Å². The molecule has 37 heavy (non-hydrogen) atoms. The number of carbonyl (C=O) groups is 1. The molecule has 5 rings (SSSR count). The normalized spacial score (nSPS) is 15.3. The van der Waals surface area contributed by atoms with Crippen molar-refractivity contribution in [2.24, 2.45) is 4.99 Å². The van der Waals surface area contributed by atoms with E-state index in [1.165, 1.54) is 35.1 Å². The van der Waals surface area contributed by atoms with Crippen molar-refractivity contribution in [1.29, 1.82) is 0 Å². The van der Waals surface area contributed by atoms with E-state index in [2.05, 4.69) is 4.99 Å². The van der Waals surface area contributed by atoms with Crippen molar-refractivity contribution >= 4 is 29.1 Å². The number of thiazole rings is 1. The molecule has 0 unspecified atom stereocenters. The third kappa shape index (κ3) is 4.43. The molecule has 1 aliphatic rings.